The lowest BCUT2D eigenvalue weighted by molar-refractivity contribution is -0.118. The molecular formula is C16H16ClNO4. The number of ether oxygens (including phenoxy) is 3. The van der Waals surface area contributed by atoms with E-state index < -0.39 is 0 Å². The van der Waals surface area contributed by atoms with Crippen molar-refractivity contribution in [3.05, 3.63) is 47.5 Å². The summed E-state index contributed by atoms with van der Waals surface area (Å²) in [6.07, 6.45) is 0. The third kappa shape index (κ3) is 4.05. The Hall–Kier alpha value is -2.40. The van der Waals surface area contributed by atoms with Crippen molar-refractivity contribution < 1.29 is 19.0 Å². The maximum Gasteiger partial charge on any atom is 0.262 e. The minimum Gasteiger partial charge on any atom is -0.493 e. The molecule has 22 heavy (non-hydrogen) atoms. The SMILES string of the molecule is COc1ccc(NC(=O)COc2ccccc2Cl)cc1OC. The van der Waals surface area contributed by atoms with E-state index in [1.54, 1.807) is 49.6 Å². The van der Waals surface area contributed by atoms with E-state index in [0.29, 0.717) is 28.0 Å². The summed E-state index contributed by atoms with van der Waals surface area (Å²) >= 11 is 5.95. The predicted molar refractivity (Wildman–Crippen MR) is 85.1 cm³/mol. The van der Waals surface area contributed by atoms with Crippen molar-refractivity contribution in [2.24, 2.45) is 0 Å². The third-order valence-electron chi connectivity index (χ3n) is 2.86. The number of amides is 1. The van der Waals surface area contributed by atoms with E-state index in [4.69, 9.17) is 25.8 Å². The fourth-order valence-electron chi connectivity index (χ4n) is 1.82. The van der Waals surface area contributed by atoms with E-state index in [-0.39, 0.29) is 12.5 Å². The van der Waals surface area contributed by atoms with Crippen LogP contribution in [-0.4, -0.2) is 26.7 Å². The largest absolute Gasteiger partial charge is 0.493 e. The second-order valence-electron chi connectivity index (χ2n) is 4.34. The van der Waals surface area contributed by atoms with Gasteiger partial charge in [0.15, 0.2) is 18.1 Å². The number of nitrogens with one attached hydrogen (secondary N) is 1. The van der Waals surface area contributed by atoms with Crippen LogP contribution < -0.4 is 19.5 Å². The summed E-state index contributed by atoms with van der Waals surface area (Å²) in [5.74, 6) is 1.29. The van der Waals surface area contributed by atoms with Crippen LogP contribution in [0.2, 0.25) is 5.02 Å². The summed E-state index contributed by atoms with van der Waals surface area (Å²) in [7, 11) is 3.08. The van der Waals surface area contributed by atoms with Crippen LogP contribution >= 0.6 is 11.6 Å². The summed E-state index contributed by atoms with van der Waals surface area (Å²) in [5, 5.41) is 3.17. The topological polar surface area (TPSA) is 56.8 Å². The van der Waals surface area contributed by atoms with Gasteiger partial charge in [0.25, 0.3) is 5.91 Å². The normalized spacial score (nSPS) is 9.95. The van der Waals surface area contributed by atoms with Crippen molar-refractivity contribution in [2.75, 3.05) is 26.1 Å². The Bertz CT molecular complexity index is 660. The highest BCUT2D eigenvalue weighted by molar-refractivity contribution is 6.32. The summed E-state index contributed by atoms with van der Waals surface area (Å²) in [5.41, 5.74) is 0.588. The fourth-order valence-corrected chi connectivity index (χ4v) is 2.01. The van der Waals surface area contributed by atoms with Crippen LogP contribution in [0, 0.1) is 0 Å². The first-order valence-corrected chi connectivity index (χ1v) is 6.91. The molecule has 0 spiro atoms. The number of para-hydroxylation sites is 1. The van der Waals surface area contributed by atoms with E-state index >= 15 is 0 Å². The number of carbonyl (C=O) groups excluding carboxylic acids is 1. The van der Waals surface area contributed by atoms with Crippen LogP contribution in [0.25, 0.3) is 0 Å². The van der Waals surface area contributed by atoms with E-state index in [1.165, 1.54) is 7.11 Å². The Morgan fingerprint density at radius 3 is 2.45 bits per heavy atom. The van der Waals surface area contributed by atoms with Crippen LogP contribution in [0.5, 0.6) is 17.2 Å². The van der Waals surface area contributed by atoms with Crippen LogP contribution in [-0.2, 0) is 4.79 Å². The summed E-state index contributed by atoms with van der Waals surface area (Å²) in [6.45, 7) is -0.141. The highest BCUT2D eigenvalue weighted by Gasteiger charge is 2.09. The lowest BCUT2D eigenvalue weighted by Crippen LogP contribution is -2.20. The molecule has 0 unspecified atom stereocenters. The van der Waals surface area contributed by atoms with E-state index in [2.05, 4.69) is 5.32 Å². The van der Waals surface area contributed by atoms with Gasteiger partial charge in [-0.2, -0.15) is 0 Å². The summed E-state index contributed by atoms with van der Waals surface area (Å²) in [4.78, 5) is 11.9. The summed E-state index contributed by atoms with van der Waals surface area (Å²) < 4.78 is 15.7. The monoisotopic (exact) mass is 321 g/mol. The first-order chi connectivity index (χ1) is 10.6. The van der Waals surface area contributed by atoms with Gasteiger partial charge >= 0.3 is 0 Å². The van der Waals surface area contributed by atoms with Crippen LogP contribution in [0.4, 0.5) is 5.69 Å². The minimum absolute atomic E-state index is 0.141. The van der Waals surface area contributed by atoms with E-state index in [1.807, 2.05) is 0 Å². The zero-order valence-electron chi connectivity index (χ0n) is 12.3. The molecule has 0 aliphatic carbocycles. The minimum atomic E-state index is -0.299. The van der Waals surface area contributed by atoms with Gasteiger partial charge in [0.05, 0.1) is 19.2 Å². The molecule has 5 nitrogen and oxygen atoms in total. The van der Waals surface area contributed by atoms with Crippen LogP contribution in [0.15, 0.2) is 42.5 Å². The van der Waals surface area contributed by atoms with Gasteiger partial charge in [-0.15, -0.1) is 0 Å². The average Bonchev–Trinajstić information content (AvgIpc) is 2.54. The molecule has 0 aliphatic rings. The Kier molecular flexibility index (Phi) is 5.49. The second kappa shape index (κ2) is 7.56. The van der Waals surface area contributed by atoms with Gasteiger partial charge in [-0.3, -0.25) is 4.79 Å². The number of hydrogen-bond donors (Lipinski definition) is 1. The molecule has 6 heteroatoms. The van der Waals surface area contributed by atoms with Crippen molar-refractivity contribution in [2.45, 2.75) is 0 Å². The lowest BCUT2D eigenvalue weighted by Gasteiger charge is -2.11. The van der Waals surface area contributed by atoms with Crippen molar-refractivity contribution in [1.82, 2.24) is 0 Å². The third-order valence-corrected chi connectivity index (χ3v) is 3.17. The number of rotatable bonds is 6. The first-order valence-electron chi connectivity index (χ1n) is 6.53. The van der Waals surface area contributed by atoms with Crippen molar-refractivity contribution in [3.8, 4) is 17.2 Å². The molecule has 0 atom stereocenters. The Morgan fingerprint density at radius 2 is 1.77 bits per heavy atom. The molecule has 0 saturated heterocycles. The van der Waals surface area contributed by atoms with Gasteiger partial charge in [0.1, 0.15) is 5.75 Å². The molecule has 0 fully saturated rings. The molecule has 2 aromatic carbocycles. The molecule has 2 rings (SSSR count). The molecule has 0 bridgehead atoms. The molecule has 1 N–H and O–H groups in total. The van der Waals surface area contributed by atoms with Crippen LogP contribution in [0.1, 0.15) is 0 Å². The quantitative estimate of drug-likeness (QED) is 0.886. The van der Waals surface area contributed by atoms with Gasteiger partial charge in [0.2, 0.25) is 0 Å². The molecule has 0 aromatic heterocycles. The molecule has 0 radical (unpaired) electrons. The number of methoxy groups -OCH3 is 2. The average molecular weight is 322 g/mol. The molecule has 0 aliphatic heterocycles. The molecule has 1 amide bonds. The van der Waals surface area contributed by atoms with Crippen molar-refractivity contribution >= 4 is 23.2 Å². The van der Waals surface area contributed by atoms with Crippen molar-refractivity contribution in [1.29, 1.82) is 0 Å². The number of carbonyl (C=O) groups is 1. The highest BCUT2D eigenvalue weighted by atomic mass is 35.5. The fraction of sp³-hybridized carbons (Fsp3) is 0.188. The Labute approximate surface area is 133 Å². The summed E-state index contributed by atoms with van der Waals surface area (Å²) in [6, 6.07) is 12.1. The molecular weight excluding hydrogens is 306 g/mol. The first kappa shape index (κ1) is 16.0. The van der Waals surface area contributed by atoms with Crippen molar-refractivity contribution in [3.63, 3.8) is 0 Å². The number of halogens is 1. The van der Waals surface area contributed by atoms with Gasteiger partial charge in [-0.1, -0.05) is 23.7 Å². The molecule has 2 aromatic rings. The number of anilines is 1. The molecule has 116 valence electrons. The van der Waals surface area contributed by atoms with Gasteiger partial charge < -0.3 is 19.5 Å². The second-order valence-corrected chi connectivity index (χ2v) is 4.74. The standard InChI is InChI=1S/C16H16ClNO4/c1-20-14-8-7-11(9-15(14)21-2)18-16(19)10-22-13-6-4-3-5-12(13)17/h3-9H,10H2,1-2H3,(H,18,19). The Balaban J connectivity index is 1.96. The van der Waals surface area contributed by atoms with Crippen LogP contribution in [0.3, 0.4) is 0 Å². The maximum absolute atomic E-state index is 11.9. The maximum atomic E-state index is 11.9. The number of benzene rings is 2. The number of hydrogen-bond acceptors (Lipinski definition) is 4. The predicted octanol–water partition coefficient (Wildman–Crippen LogP) is 3.37. The van der Waals surface area contributed by atoms with Gasteiger partial charge in [0, 0.05) is 11.8 Å². The Morgan fingerprint density at radius 1 is 1.05 bits per heavy atom. The van der Waals surface area contributed by atoms with Gasteiger partial charge in [-0.25, -0.2) is 0 Å². The zero-order valence-corrected chi connectivity index (χ0v) is 13.0. The van der Waals surface area contributed by atoms with E-state index in [0.717, 1.165) is 0 Å². The van der Waals surface area contributed by atoms with Gasteiger partial charge in [-0.05, 0) is 24.3 Å². The zero-order chi connectivity index (χ0) is 15.9. The highest BCUT2D eigenvalue weighted by Crippen LogP contribution is 2.29. The smallest absolute Gasteiger partial charge is 0.262 e. The molecule has 0 saturated carbocycles. The molecule has 0 heterocycles. The van der Waals surface area contributed by atoms with E-state index in [9.17, 15) is 4.79 Å². The lowest BCUT2D eigenvalue weighted by atomic mass is 10.2.